The van der Waals surface area contributed by atoms with Gasteiger partial charge in [-0.3, -0.25) is 0 Å². The average molecular weight is 301 g/mol. The predicted octanol–water partition coefficient (Wildman–Crippen LogP) is 3.93. The van der Waals surface area contributed by atoms with Crippen LogP contribution in [0, 0.1) is 0 Å². The number of rotatable bonds is 2. The molecule has 0 unspecified atom stereocenters. The van der Waals surface area contributed by atoms with Crippen molar-refractivity contribution in [2.75, 3.05) is 0 Å². The van der Waals surface area contributed by atoms with Gasteiger partial charge in [0.15, 0.2) is 5.66 Å². The Bertz CT molecular complexity index is 679. The first-order chi connectivity index (χ1) is 9.58. The Balaban J connectivity index is 2.02. The van der Waals surface area contributed by atoms with Gasteiger partial charge in [0.05, 0.1) is 0 Å². The summed E-state index contributed by atoms with van der Waals surface area (Å²) in [7, 11) is 0. The summed E-state index contributed by atoms with van der Waals surface area (Å²) in [5.41, 5.74) is 2.36. The van der Waals surface area contributed by atoms with Gasteiger partial charge in [0.1, 0.15) is 10.7 Å². The van der Waals surface area contributed by atoms with Crippen LogP contribution in [0.4, 0.5) is 0 Å². The number of aliphatic imine (C=N–C) groups is 1. The molecule has 2 aromatic carbocycles. The molecule has 20 heavy (non-hydrogen) atoms. The van der Waals surface area contributed by atoms with Gasteiger partial charge in [-0.1, -0.05) is 66.3 Å². The van der Waals surface area contributed by atoms with Crippen LogP contribution >= 0.6 is 23.8 Å². The summed E-state index contributed by atoms with van der Waals surface area (Å²) in [6.45, 7) is 2.01. The lowest BCUT2D eigenvalue weighted by molar-refractivity contribution is 0.480. The van der Waals surface area contributed by atoms with Crippen LogP contribution in [-0.2, 0) is 5.66 Å². The molecule has 2 nitrogen and oxygen atoms in total. The van der Waals surface area contributed by atoms with Crippen molar-refractivity contribution in [3.05, 3.63) is 70.7 Å². The molecule has 1 atom stereocenters. The molecule has 0 saturated carbocycles. The molecule has 0 spiro atoms. The van der Waals surface area contributed by atoms with Gasteiger partial charge >= 0.3 is 0 Å². The van der Waals surface area contributed by atoms with E-state index in [4.69, 9.17) is 28.8 Å². The number of nitrogens with one attached hydrogen (secondary N) is 1. The molecule has 0 fully saturated rings. The number of hydrogen-bond donors (Lipinski definition) is 1. The fourth-order valence-corrected chi connectivity index (χ4v) is 2.77. The number of benzene rings is 2. The normalized spacial score (nSPS) is 21.5. The molecule has 1 aliphatic heterocycles. The first kappa shape index (κ1) is 13.3. The second-order valence-electron chi connectivity index (χ2n) is 4.86. The summed E-state index contributed by atoms with van der Waals surface area (Å²) in [4.78, 5) is 5.47. The number of halogens is 1. The van der Waals surface area contributed by atoms with E-state index >= 15 is 0 Å². The van der Waals surface area contributed by atoms with E-state index in [1.54, 1.807) is 0 Å². The minimum absolute atomic E-state index is 0.535. The summed E-state index contributed by atoms with van der Waals surface area (Å²) in [6, 6.07) is 17.6. The zero-order valence-electron chi connectivity index (χ0n) is 10.9. The third kappa shape index (κ3) is 2.35. The third-order valence-electron chi connectivity index (χ3n) is 3.36. The van der Waals surface area contributed by atoms with E-state index < -0.39 is 5.66 Å². The van der Waals surface area contributed by atoms with Gasteiger partial charge in [0.25, 0.3) is 0 Å². The molecule has 0 amide bonds. The van der Waals surface area contributed by atoms with Crippen molar-refractivity contribution in [1.29, 1.82) is 0 Å². The molecule has 1 aliphatic rings. The van der Waals surface area contributed by atoms with E-state index in [0.29, 0.717) is 10.0 Å². The summed E-state index contributed by atoms with van der Waals surface area (Å²) < 4.78 is 0. The predicted molar refractivity (Wildman–Crippen MR) is 87.5 cm³/mol. The Labute approximate surface area is 128 Å². The first-order valence-corrected chi connectivity index (χ1v) is 7.11. The van der Waals surface area contributed by atoms with Gasteiger partial charge in [0.2, 0.25) is 0 Å². The van der Waals surface area contributed by atoms with Crippen LogP contribution in [0.3, 0.4) is 0 Å². The third-order valence-corrected chi connectivity index (χ3v) is 3.91. The molecule has 0 aliphatic carbocycles. The highest BCUT2D eigenvalue weighted by molar-refractivity contribution is 7.82. The van der Waals surface area contributed by atoms with Crippen LogP contribution in [-0.4, -0.2) is 10.7 Å². The fraction of sp³-hybridized carbons (Fsp3) is 0.125. The lowest BCUT2D eigenvalue weighted by atomic mass is 10.0. The Kier molecular flexibility index (Phi) is 3.32. The molecule has 1 N–H and O–H groups in total. The molecule has 4 heteroatoms. The maximum atomic E-state index is 5.93. The van der Waals surface area contributed by atoms with Gasteiger partial charge in [-0.15, -0.1) is 0 Å². The summed E-state index contributed by atoms with van der Waals surface area (Å²) >= 11 is 11.4. The summed E-state index contributed by atoms with van der Waals surface area (Å²) in [6.07, 6.45) is 0. The van der Waals surface area contributed by atoms with Crippen molar-refractivity contribution < 1.29 is 0 Å². The zero-order valence-corrected chi connectivity index (χ0v) is 12.5. The van der Waals surface area contributed by atoms with Crippen molar-refractivity contribution >= 4 is 34.5 Å². The Morgan fingerprint density at radius 3 is 2.35 bits per heavy atom. The summed E-state index contributed by atoms with van der Waals surface area (Å²) in [5.74, 6) is 0. The van der Waals surface area contributed by atoms with E-state index in [9.17, 15) is 0 Å². The van der Waals surface area contributed by atoms with E-state index in [0.717, 1.165) is 16.8 Å². The van der Waals surface area contributed by atoms with Crippen LogP contribution in [0.5, 0.6) is 0 Å². The van der Waals surface area contributed by atoms with Crippen molar-refractivity contribution in [3.8, 4) is 0 Å². The highest BCUT2D eigenvalue weighted by Crippen LogP contribution is 2.29. The van der Waals surface area contributed by atoms with Gasteiger partial charge in [-0.25, -0.2) is 4.99 Å². The number of hydrogen-bond acceptors (Lipinski definition) is 2. The minimum Gasteiger partial charge on any atom is -0.347 e. The number of nitrogens with zero attached hydrogens (tertiary/aromatic N) is 1. The Morgan fingerprint density at radius 2 is 1.70 bits per heavy atom. The van der Waals surface area contributed by atoms with Crippen LogP contribution in [0.2, 0.25) is 5.02 Å². The lowest BCUT2D eigenvalue weighted by Crippen LogP contribution is -2.36. The van der Waals surface area contributed by atoms with Gasteiger partial charge in [0, 0.05) is 10.6 Å². The van der Waals surface area contributed by atoms with Crippen molar-refractivity contribution in [2.24, 2.45) is 4.99 Å². The average Bonchev–Trinajstić information content (AvgIpc) is 2.77. The first-order valence-electron chi connectivity index (χ1n) is 6.32. The second-order valence-corrected chi connectivity index (χ2v) is 5.70. The van der Waals surface area contributed by atoms with Crippen LogP contribution in [0.25, 0.3) is 0 Å². The second kappa shape index (κ2) is 5.00. The van der Waals surface area contributed by atoms with Crippen LogP contribution < -0.4 is 5.32 Å². The topological polar surface area (TPSA) is 24.4 Å². The standard InChI is InChI=1S/C16H13ClN2S/c1-16(12-7-9-13(17)10-8-12)18-14(15(20)19-16)11-5-3-2-4-6-11/h2-10H,1H3,(H,19,20)/t16-/m0/s1. The molecule has 1 heterocycles. The lowest BCUT2D eigenvalue weighted by Gasteiger charge is -2.22. The molecule has 0 bridgehead atoms. The molecule has 3 rings (SSSR count). The van der Waals surface area contributed by atoms with Crippen molar-refractivity contribution in [3.63, 3.8) is 0 Å². The fourth-order valence-electron chi connectivity index (χ4n) is 2.29. The minimum atomic E-state index is -0.535. The SMILES string of the molecule is C[C@]1(c2ccc(Cl)cc2)N=C(c2ccccc2)C(=S)N1. The maximum absolute atomic E-state index is 5.93. The number of thiocarbonyl (C=S) groups is 1. The van der Waals surface area contributed by atoms with Gasteiger partial charge in [-0.05, 0) is 24.6 Å². The molecular formula is C16H13ClN2S. The largest absolute Gasteiger partial charge is 0.347 e. The maximum Gasteiger partial charge on any atom is 0.154 e. The Hall–Kier alpha value is -1.71. The molecule has 0 radical (unpaired) electrons. The molecule has 0 aromatic heterocycles. The smallest absolute Gasteiger partial charge is 0.154 e. The zero-order chi connectivity index (χ0) is 14.2. The van der Waals surface area contributed by atoms with E-state index in [1.165, 1.54) is 0 Å². The molecule has 2 aromatic rings. The van der Waals surface area contributed by atoms with E-state index in [-0.39, 0.29) is 0 Å². The van der Waals surface area contributed by atoms with Gasteiger partial charge < -0.3 is 5.32 Å². The van der Waals surface area contributed by atoms with Crippen molar-refractivity contribution in [1.82, 2.24) is 5.32 Å². The van der Waals surface area contributed by atoms with Crippen LogP contribution in [0.15, 0.2) is 59.6 Å². The molecule has 100 valence electrons. The van der Waals surface area contributed by atoms with E-state index in [1.807, 2.05) is 61.5 Å². The van der Waals surface area contributed by atoms with Crippen LogP contribution in [0.1, 0.15) is 18.1 Å². The van der Waals surface area contributed by atoms with Crippen molar-refractivity contribution in [2.45, 2.75) is 12.6 Å². The quantitative estimate of drug-likeness (QED) is 0.850. The highest BCUT2D eigenvalue weighted by Gasteiger charge is 2.34. The Morgan fingerprint density at radius 1 is 1.05 bits per heavy atom. The summed E-state index contributed by atoms with van der Waals surface area (Å²) in [5, 5.41) is 4.01. The highest BCUT2D eigenvalue weighted by atomic mass is 35.5. The van der Waals surface area contributed by atoms with E-state index in [2.05, 4.69) is 5.32 Å². The van der Waals surface area contributed by atoms with Gasteiger partial charge in [-0.2, -0.15) is 0 Å². The molecule has 0 saturated heterocycles. The molecular weight excluding hydrogens is 288 g/mol. The monoisotopic (exact) mass is 300 g/mol.